The molecule has 0 heterocycles. The Labute approximate surface area is 414 Å². The minimum atomic E-state index is -0.627. The Bertz CT molecular complexity index is 1340. The van der Waals surface area contributed by atoms with Crippen molar-refractivity contribution in [1.82, 2.24) is 4.90 Å². The van der Waals surface area contributed by atoms with E-state index in [1.54, 1.807) is 0 Å². The summed E-state index contributed by atoms with van der Waals surface area (Å²) in [5.74, 6) is -0.825. The van der Waals surface area contributed by atoms with E-state index in [1.807, 2.05) is 14.1 Å². The average molecular weight is 958 g/mol. The molecule has 1 aromatic carbocycles. The molecule has 0 fully saturated rings. The van der Waals surface area contributed by atoms with Gasteiger partial charge in [-0.05, 0) is 102 Å². The molecule has 0 atom stereocenters. The van der Waals surface area contributed by atoms with Gasteiger partial charge in [0.1, 0.15) is 0 Å². The number of rotatable bonds is 46. The van der Waals surface area contributed by atoms with Crippen molar-refractivity contribution in [3.63, 3.8) is 0 Å². The van der Waals surface area contributed by atoms with Gasteiger partial charge in [0, 0.05) is 12.8 Å². The number of hydrogen-bond acceptors (Lipinski definition) is 11. The van der Waals surface area contributed by atoms with Crippen LogP contribution < -0.4 is 0 Å². The molecule has 0 saturated carbocycles. The molecule has 1 rings (SSSR count). The van der Waals surface area contributed by atoms with Gasteiger partial charge in [-0.25, -0.2) is 14.4 Å². The predicted molar refractivity (Wildman–Crippen MR) is 275 cm³/mol. The number of esters is 5. The van der Waals surface area contributed by atoms with E-state index in [0.29, 0.717) is 57.2 Å². The van der Waals surface area contributed by atoms with E-state index in [9.17, 15) is 24.0 Å². The van der Waals surface area contributed by atoms with Gasteiger partial charge in [0.2, 0.25) is 0 Å². The van der Waals surface area contributed by atoms with Crippen LogP contribution in [-0.4, -0.2) is 88.4 Å². The zero-order valence-electron chi connectivity index (χ0n) is 44.3. The molecule has 392 valence electrons. The number of nitrogens with zero attached hydrogens (tertiary/aromatic N) is 1. The Hall–Kier alpha value is -3.47. The molecule has 0 N–H and O–H groups in total. The molecule has 11 nitrogen and oxygen atoms in total. The molecule has 0 saturated heterocycles. The molecule has 0 aliphatic rings. The second-order valence-corrected chi connectivity index (χ2v) is 19.5. The summed E-state index contributed by atoms with van der Waals surface area (Å²) in [4.78, 5) is 66.3. The van der Waals surface area contributed by atoms with Crippen LogP contribution in [0.15, 0.2) is 18.2 Å². The van der Waals surface area contributed by atoms with Gasteiger partial charge in [-0.2, -0.15) is 0 Å². The second-order valence-electron chi connectivity index (χ2n) is 19.5. The monoisotopic (exact) mass is 958 g/mol. The second kappa shape index (κ2) is 43.5. The highest BCUT2D eigenvalue weighted by atomic mass is 16.5. The summed E-state index contributed by atoms with van der Waals surface area (Å²) in [7, 11) is 3.97. The first-order valence-corrected chi connectivity index (χ1v) is 27.7. The molecule has 0 aliphatic carbocycles. The fraction of sp³-hybridized carbons (Fsp3) is 0.807. The number of unbranched alkanes of at least 4 members (excludes halogenated alkanes) is 17. The third-order valence-electron chi connectivity index (χ3n) is 12.8. The van der Waals surface area contributed by atoms with Gasteiger partial charge in [0.05, 0.1) is 49.7 Å². The van der Waals surface area contributed by atoms with Gasteiger partial charge in [0.25, 0.3) is 0 Å². The van der Waals surface area contributed by atoms with E-state index in [1.165, 1.54) is 121 Å². The lowest BCUT2D eigenvalue weighted by Crippen LogP contribution is -2.15. The minimum absolute atomic E-state index is 0.0862. The number of ether oxygens (including phenoxy) is 5. The van der Waals surface area contributed by atoms with Crippen LogP contribution in [0.1, 0.15) is 264 Å². The third-order valence-corrected chi connectivity index (χ3v) is 12.8. The number of hydrogen-bond donors (Lipinski definition) is 0. The van der Waals surface area contributed by atoms with E-state index in [-0.39, 0.29) is 48.4 Å². The van der Waals surface area contributed by atoms with Crippen LogP contribution in [0.25, 0.3) is 0 Å². The summed E-state index contributed by atoms with van der Waals surface area (Å²) in [5, 5.41) is 0. The lowest BCUT2D eigenvalue weighted by atomic mass is 9.92. The summed E-state index contributed by atoms with van der Waals surface area (Å²) in [6.45, 7) is 11.4. The highest BCUT2D eigenvalue weighted by Gasteiger charge is 2.20. The van der Waals surface area contributed by atoms with Crippen molar-refractivity contribution < 1.29 is 47.7 Å². The van der Waals surface area contributed by atoms with Crippen LogP contribution in [-0.2, 0) is 33.3 Å². The van der Waals surface area contributed by atoms with E-state index >= 15 is 0 Å². The first-order valence-electron chi connectivity index (χ1n) is 27.7. The van der Waals surface area contributed by atoms with Gasteiger partial charge >= 0.3 is 29.8 Å². The molecule has 0 spiro atoms. The Morgan fingerprint density at radius 1 is 0.368 bits per heavy atom. The van der Waals surface area contributed by atoms with Gasteiger partial charge in [-0.1, -0.05) is 169 Å². The highest BCUT2D eigenvalue weighted by molar-refractivity contribution is 6.00. The lowest BCUT2D eigenvalue weighted by Gasteiger charge is -2.16. The maximum atomic E-state index is 13.2. The van der Waals surface area contributed by atoms with Crippen molar-refractivity contribution in [3.05, 3.63) is 34.9 Å². The molecule has 0 unspecified atom stereocenters. The van der Waals surface area contributed by atoms with E-state index in [2.05, 4.69) is 32.6 Å². The van der Waals surface area contributed by atoms with E-state index in [4.69, 9.17) is 23.7 Å². The van der Waals surface area contributed by atoms with Crippen LogP contribution in [0.2, 0.25) is 0 Å². The van der Waals surface area contributed by atoms with Crippen LogP contribution in [0.4, 0.5) is 0 Å². The summed E-state index contributed by atoms with van der Waals surface area (Å²) in [5.41, 5.74) is 0.264. The first-order chi connectivity index (χ1) is 33.0. The van der Waals surface area contributed by atoms with Gasteiger partial charge in [-0.15, -0.1) is 0 Å². The summed E-state index contributed by atoms with van der Waals surface area (Å²) in [6, 6.07) is 4.24. The molecule has 0 amide bonds. The topological polar surface area (TPSA) is 135 Å². The number of benzene rings is 1. The van der Waals surface area contributed by atoms with Crippen LogP contribution >= 0.6 is 0 Å². The van der Waals surface area contributed by atoms with E-state index in [0.717, 1.165) is 77.2 Å². The molecule has 0 radical (unpaired) electrons. The smallest absolute Gasteiger partial charge is 0.338 e. The number of carbonyl (C=O) groups excluding carboxylic acids is 5. The Kier molecular flexibility index (Phi) is 40.1. The summed E-state index contributed by atoms with van der Waals surface area (Å²) < 4.78 is 27.8. The maximum Gasteiger partial charge on any atom is 0.338 e. The molecule has 0 aliphatic heterocycles. The van der Waals surface area contributed by atoms with Gasteiger partial charge in [-0.3, -0.25) is 9.59 Å². The molecular formula is C57H99NO10. The maximum absolute atomic E-state index is 13.2. The standard InChI is InChI=1S/C57H99NO10/c1-7-11-21-31-48(32-22-12-8-2)37-43-64-53(59)35-25-17-15-19-28-40-66-55(61)50-45-51(47-52(46-50)57(63)68-42-30-27-39-58(5)6)56(62)67-41-29-20-16-18-26-36-54(60)65-44-38-49(33-23-13-9-3)34-24-14-10-4/h45-49H,7-44H2,1-6H3. The largest absolute Gasteiger partial charge is 0.466 e. The normalized spacial score (nSPS) is 11.4. The predicted octanol–water partition coefficient (Wildman–Crippen LogP) is 14.6. The van der Waals surface area contributed by atoms with Crippen molar-refractivity contribution in [2.75, 3.05) is 53.7 Å². The van der Waals surface area contributed by atoms with Crippen molar-refractivity contribution in [3.8, 4) is 0 Å². The number of carbonyl (C=O) groups is 5. The van der Waals surface area contributed by atoms with Crippen molar-refractivity contribution in [2.45, 2.75) is 233 Å². The van der Waals surface area contributed by atoms with Crippen LogP contribution in [0.3, 0.4) is 0 Å². The van der Waals surface area contributed by atoms with Crippen LogP contribution in [0.5, 0.6) is 0 Å². The lowest BCUT2D eigenvalue weighted by molar-refractivity contribution is -0.145. The van der Waals surface area contributed by atoms with Crippen LogP contribution in [0, 0.1) is 11.8 Å². The molecule has 68 heavy (non-hydrogen) atoms. The summed E-state index contributed by atoms with van der Waals surface area (Å²) in [6.07, 6.45) is 32.3. The van der Waals surface area contributed by atoms with Crippen molar-refractivity contribution >= 4 is 29.8 Å². The third kappa shape index (κ3) is 34.8. The molecule has 1 aromatic rings. The Balaban J connectivity index is 2.52. The Morgan fingerprint density at radius 2 is 0.676 bits per heavy atom. The van der Waals surface area contributed by atoms with Crippen molar-refractivity contribution in [1.29, 1.82) is 0 Å². The molecule has 0 bridgehead atoms. The average Bonchev–Trinajstić information content (AvgIpc) is 3.32. The first kappa shape index (κ1) is 62.5. The molecule has 0 aromatic heterocycles. The summed E-state index contributed by atoms with van der Waals surface area (Å²) >= 11 is 0. The molecular weight excluding hydrogens is 859 g/mol. The minimum Gasteiger partial charge on any atom is -0.466 e. The van der Waals surface area contributed by atoms with Gasteiger partial charge < -0.3 is 28.6 Å². The zero-order chi connectivity index (χ0) is 49.9. The van der Waals surface area contributed by atoms with Crippen molar-refractivity contribution in [2.24, 2.45) is 11.8 Å². The fourth-order valence-electron chi connectivity index (χ4n) is 8.48. The molecule has 11 heteroatoms. The quantitative estimate of drug-likeness (QED) is 0.0351. The Morgan fingerprint density at radius 3 is 1.00 bits per heavy atom. The fourth-order valence-corrected chi connectivity index (χ4v) is 8.48. The highest BCUT2D eigenvalue weighted by Crippen LogP contribution is 2.23. The SMILES string of the molecule is CCCCCC(CCCCC)CCOC(=O)CCCCCCCOC(=O)c1cc(C(=O)OCCCCCCCC(=O)OCCC(CCCCC)CCCCC)cc(C(=O)OCCCCN(C)C)c1. The zero-order valence-corrected chi connectivity index (χ0v) is 44.3. The van der Waals surface area contributed by atoms with E-state index < -0.39 is 17.9 Å². The van der Waals surface area contributed by atoms with Gasteiger partial charge in [0.15, 0.2) is 0 Å².